The van der Waals surface area contributed by atoms with Crippen LogP contribution in [0.1, 0.15) is 24.8 Å². The maximum absolute atomic E-state index is 11.9. The fourth-order valence-electron chi connectivity index (χ4n) is 3.43. The number of hydrogen-bond donors (Lipinski definition) is 2. The molecule has 4 heterocycles. The zero-order chi connectivity index (χ0) is 17.5. The molecule has 1 saturated carbocycles. The zero-order valence-electron chi connectivity index (χ0n) is 14.6. The summed E-state index contributed by atoms with van der Waals surface area (Å²) in [5.74, 6) is 1.89. The van der Waals surface area contributed by atoms with Crippen molar-refractivity contribution in [2.75, 3.05) is 43.1 Å². The van der Waals surface area contributed by atoms with Crippen molar-refractivity contribution >= 4 is 29.3 Å². The van der Waals surface area contributed by atoms with Crippen LogP contribution >= 0.6 is 0 Å². The molecule has 5 rings (SSSR count). The average Bonchev–Trinajstić information content (AvgIpc) is 3.25. The van der Waals surface area contributed by atoms with Gasteiger partial charge in [-0.25, -0.2) is 4.98 Å². The third-order valence-corrected chi connectivity index (χ3v) is 5.05. The fraction of sp³-hybridized carbons (Fsp3) is 0.500. The molecule has 2 saturated heterocycles. The van der Waals surface area contributed by atoms with E-state index in [1.807, 2.05) is 10.6 Å². The molecule has 1 aliphatic carbocycles. The Morgan fingerprint density at radius 2 is 2.15 bits per heavy atom. The van der Waals surface area contributed by atoms with Crippen molar-refractivity contribution in [3.8, 4) is 0 Å². The van der Waals surface area contributed by atoms with Gasteiger partial charge >= 0.3 is 0 Å². The molecule has 2 aromatic heterocycles. The summed E-state index contributed by atoms with van der Waals surface area (Å²) in [6.45, 7) is 3.80. The van der Waals surface area contributed by atoms with Crippen LogP contribution < -0.4 is 15.5 Å². The lowest BCUT2D eigenvalue weighted by molar-refractivity contribution is -0.116. The van der Waals surface area contributed by atoms with E-state index in [-0.39, 0.29) is 5.91 Å². The van der Waals surface area contributed by atoms with Crippen LogP contribution in [0.15, 0.2) is 17.8 Å². The van der Waals surface area contributed by atoms with E-state index in [1.54, 1.807) is 6.20 Å². The molecule has 0 spiro atoms. The number of ether oxygens (including phenoxy) is 1. The molecule has 8 nitrogen and oxygen atoms in total. The number of anilines is 2. The van der Waals surface area contributed by atoms with E-state index in [4.69, 9.17) is 9.72 Å². The summed E-state index contributed by atoms with van der Waals surface area (Å²) in [5.41, 5.74) is 2.45. The van der Waals surface area contributed by atoms with Crippen molar-refractivity contribution in [2.45, 2.75) is 25.3 Å². The topological polar surface area (TPSA) is 83.8 Å². The van der Waals surface area contributed by atoms with E-state index < -0.39 is 0 Å². The molecule has 2 N–H and O–H groups in total. The van der Waals surface area contributed by atoms with Crippen molar-refractivity contribution in [3.63, 3.8) is 0 Å². The highest BCUT2D eigenvalue weighted by Crippen LogP contribution is 2.29. The van der Waals surface area contributed by atoms with Gasteiger partial charge in [-0.15, -0.1) is 0 Å². The number of rotatable bonds is 4. The molecule has 136 valence electrons. The highest BCUT2D eigenvalue weighted by Gasteiger charge is 2.24. The first-order valence-corrected chi connectivity index (χ1v) is 9.25. The largest absolute Gasteiger partial charge is 0.378 e. The quantitative estimate of drug-likeness (QED) is 0.799. The average molecular weight is 354 g/mol. The van der Waals surface area contributed by atoms with Gasteiger partial charge in [0.05, 0.1) is 19.4 Å². The predicted molar refractivity (Wildman–Crippen MR) is 98.3 cm³/mol. The maximum atomic E-state index is 11.9. The summed E-state index contributed by atoms with van der Waals surface area (Å²) in [7, 11) is 0. The minimum absolute atomic E-state index is 0.00464. The molecule has 0 unspecified atom stereocenters. The summed E-state index contributed by atoms with van der Waals surface area (Å²) < 4.78 is 7.31. The number of morpholine rings is 1. The van der Waals surface area contributed by atoms with Crippen LogP contribution in [-0.2, 0) is 9.53 Å². The van der Waals surface area contributed by atoms with E-state index >= 15 is 0 Å². The van der Waals surface area contributed by atoms with Crippen LogP contribution in [0.25, 0.3) is 11.7 Å². The van der Waals surface area contributed by atoms with Gasteiger partial charge in [0.25, 0.3) is 0 Å². The van der Waals surface area contributed by atoms with Crippen LogP contribution in [0.5, 0.6) is 0 Å². The lowest BCUT2D eigenvalue weighted by Crippen LogP contribution is -2.37. The molecule has 0 radical (unpaired) electrons. The number of amides is 1. The standard InChI is InChI=1S/C18H22N6O2/c25-18-12(3-4-19-18)9-13-11-20-24-16(21-14-1-2-14)10-15(22-17(13)24)23-5-7-26-8-6-23/h9-11,14,21H,1-8H2,(H,19,25). The van der Waals surface area contributed by atoms with Crippen molar-refractivity contribution in [1.29, 1.82) is 0 Å². The molecule has 3 aliphatic rings. The minimum Gasteiger partial charge on any atom is -0.378 e. The van der Waals surface area contributed by atoms with E-state index in [0.29, 0.717) is 25.8 Å². The molecule has 0 bridgehead atoms. The van der Waals surface area contributed by atoms with Crippen LogP contribution in [0.4, 0.5) is 11.6 Å². The number of nitrogens with zero attached hydrogens (tertiary/aromatic N) is 4. The highest BCUT2D eigenvalue weighted by atomic mass is 16.5. The second kappa shape index (κ2) is 6.28. The first-order valence-electron chi connectivity index (χ1n) is 9.25. The number of aromatic nitrogens is 3. The molecule has 2 aromatic rings. The molecular weight excluding hydrogens is 332 g/mol. The minimum atomic E-state index is 0.00464. The second-order valence-corrected chi connectivity index (χ2v) is 7.03. The van der Waals surface area contributed by atoms with Crippen molar-refractivity contribution in [1.82, 2.24) is 19.9 Å². The molecule has 2 aliphatic heterocycles. The third kappa shape index (κ3) is 2.90. The van der Waals surface area contributed by atoms with Crippen LogP contribution in [0, 0.1) is 0 Å². The molecule has 3 fully saturated rings. The van der Waals surface area contributed by atoms with Crippen LogP contribution in [-0.4, -0.2) is 59.4 Å². The van der Waals surface area contributed by atoms with Crippen molar-refractivity contribution < 1.29 is 9.53 Å². The summed E-state index contributed by atoms with van der Waals surface area (Å²) in [6, 6.07) is 2.59. The SMILES string of the molecule is O=C1NCCC1=Cc1cnn2c(NC3CC3)cc(N3CCOCC3)nc12. The Labute approximate surface area is 151 Å². The predicted octanol–water partition coefficient (Wildman–Crippen LogP) is 1.04. The number of carbonyl (C=O) groups excluding carboxylic acids is 1. The van der Waals surface area contributed by atoms with Crippen LogP contribution in [0.2, 0.25) is 0 Å². The van der Waals surface area contributed by atoms with Crippen molar-refractivity contribution in [3.05, 3.63) is 23.4 Å². The van der Waals surface area contributed by atoms with Gasteiger partial charge in [0, 0.05) is 42.9 Å². The third-order valence-electron chi connectivity index (χ3n) is 5.05. The molecular formula is C18H22N6O2. The second-order valence-electron chi connectivity index (χ2n) is 7.03. The van der Waals surface area contributed by atoms with Gasteiger partial charge in [-0.05, 0) is 25.3 Å². The fourth-order valence-corrected chi connectivity index (χ4v) is 3.43. The number of nitrogens with one attached hydrogen (secondary N) is 2. The monoisotopic (exact) mass is 354 g/mol. The van der Waals surface area contributed by atoms with E-state index in [2.05, 4.69) is 26.7 Å². The van der Waals surface area contributed by atoms with Crippen LogP contribution in [0.3, 0.4) is 0 Å². The lowest BCUT2D eigenvalue weighted by Gasteiger charge is -2.28. The van der Waals surface area contributed by atoms with E-state index in [0.717, 1.165) is 47.9 Å². The smallest absolute Gasteiger partial charge is 0.247 e. The maximum Gasteiger partial charge on any atom is 0.247 e. The van der Waals surface area contributed by atoms with E-state index in [1.165, 1.54) is 12.8 Å². The van der Waals surface area contributed by atoms with Gasteiger partial charge in [0.2, 0.25) is 5.91 Å². The van der Waals surface area contributed by atoms with Gasteiger partial charge in [-0.1, -0.05) is 0 Å². The Kier molecular flexibility index (Phi) is 3.77. The molecule has 0 aromatic carbocycles. The Morgan fingerprint density at radius 1 is 1.31 bits per heavy atom. The number of fused-ring (bicyclic) bond motifs is 1. The molecule has 1 amide bonds. The zero-order valence-corrected chi connectivity index (χ0v) is 14.6. The van der Waals surface area contributed by atoms with Gasteiger partial charge < -0.3 is 20.3 Å². The Balaban J connectivity index is 1.59. The normalized spacial score (nSPS) is 22.2. The summed E-state index contributed by atoms with van der Waals surface area (Å²) in [4.78, 5) is 19.0. The highest BCUT2D eigenvalue weighted by molar-refractivity contribution is 6.00. The van der Waals surface area contributed by atoms with Gasteiger partial charge in [0.1, 0.15) is 11.6 Å². The first kappa shape index (κ1) is 15.6. The van der Waals surface area contributed by atoms with E-state index in [9.17, 15) is 4.79 Å². The summed E-state index contributed by atoms with van der Waals surface area (Å²) in [6.07, 6.45) is 6.83. The molecule has 0 atom stereocenters. The summed E-state index contributed by atoms with van der Waals surface area (Å²) in [5, 5.41) is 10.9. The number of hydrogen-bond acceptors (Lipinski definition) is 6. The Morgan fingerprint density at radius 3 is 2.88 bits per heavy atom. The Hall–Kier alpha value is -2.61. The first-order chi connectivity index (χ1) is 12.8. The summed E-state index contributed by atoms with van der Waals surface area (Å²) >= 11 is 0. The Bertz CT molecular complexity index is 879. The lowest BCUT2D eigenvalue weighted by atomic mass is 10.1. The van der Waals surface area contributed by atoms with Gasteiger partial charge in [-0.2, -0.15) is 9.61 Å². The van der Waals surface area contributed by atoms with Crippen molar-refractivity contribution in [2.24, 2.45) is 0 Å². The number of carbonyl (C=O) groups is 1. The van der Waals surface area contributed by atoms with Gasteiger partial charge in [-0.3, -0.25) is 4.79 Å². The molecule has 26 heavy (non-hydrogen) atoms. The molecule has 8 heteroatoms. The van der Waals surface area contributed by atoms with Gasteiger partial charge in [0.15, 0.2) is 5.65 Å².